The Morgan fingerprint density at radius 1 is 0.540 bits per heavy atom. The van der Waals surface area contributed by atoms with Crippen LogP contribution in [0.15, 0.2) is 24.3 Å². The molecule has 0 rings (SSSR count). The number of carbonyl (C=O) groups excluding carboxylic acids is 2. The van der Waals surface area contributed by atoms with Crippen LogP contribution in [-0.4, -0.2) is 69.4 Å². The molecule has 3 atom stereocenters. The van der Waals surface area contributed by atoms with Gasteiger partial charge in [0.15, 0.2) is 0 Å². The quantitative estimate of drug-likeness (QED) is 0.0213. The van der Waals surface area contributed by atoms with Crippen LogP contribution in [-0.2, 0) is 27.9 Å². The molecule has 0 saturated carbocycles. The van der Waals surface area contributed by atoms with E-state index in [4.69, 9.17) is 13.8 Å². The molecule has 0 aliphatic heterocycles. The molecule has 0 saturated heterocycles. The van der Waals surface area contributed by atoms with Gasteiger partial charge in [-0.05, 0) is 57.4 Å². The Hall–Kier alpha value is -1.51. The Bertz CT molecular complexity index is 1140. The van der Waals surface area contributed by atoms with Gasteiger partial charge in [-0.3, -0.25) is 14.2 Å². The Balaban J connectivity index is 5.41. The predicted molar refractivity (Wildman–Crippen MR) is 266 cm³/mol. The summed E-state index contributed by atoms with van der Waals surface area (Å²) >= 11 is 0. The standard InChI is InChI=1S/C53H103N2O7P/c1-7-10-13-16-19-22-25-27-30-33-36-39-42-45-52(56)54-50(49-61-63(58,59)60-48-47-55(4,5)6)51(44-41-38-35-32-29-24-21-18-15-12-9-3)62-53(57)46-43-40-37-34-31-28-26-23-20-17-14-11-8-2/h28,31,41,44,50-51H,7-27,29-30,32-40,42-43,45-49H2,1-6H3,(H-,54,56,58,59)/b31-28-,44-41+. The third kappa shape index (κ3) is 45.4. The van der Waals surface area contributed by atoms with E-state index in [1.807, 2.05) is 33.3 Å². The maximum Gasteiger partial charge on any atom is 0.306 e. The van der Waals surface area contributed by atoms with Crippen molar-refractivity contribution in [2.24, 2.45) is 0 Å². The number of phosphoric acid groups is 1. The van der Waals surface area contributed by atoms with Crippen molar-refractivity contribution in [2.45, 2.75) is 264 Å². The van der Waals surface area contributed by atoms with Crippen LogP contribution in [0, 0.1) is 0 Å². The molecule has 1 amide bonds. The van der Waals surface area contributed by atoms with Crippen molar-refractivity contribution in [2.75, 3.05) is 40.9 Å². The minimum absolute atomic E-state index is 0.0215. The highest BCUT2D eigenvalue weighted by Crippen LogP contribution is 2.38. The van der Waals surface area contributed by atoms with Crippen LogP contribution in [0.2, 0.25) is 0 Å². The molecule has 0 aliphatic carbocycles. The van der Waals surface area contributed by atoms with Crippen molar-refractivity contribution in [1.82, 2.24) is 5.32 Å². The molecular formula is C53H103N2O7P. The van der Waals surface area contributed by atoms with E-state index in [0.29, 0.717) is 23.9 Å². The van der Waals surface area contributed by atoms with Gasteiger partial charge in [0, 0.05) is 12.8 Å². The number of quaternary nitrogens is 1. The second kappa shape index (κ2) is 44.3. The van der Waals surface area contributed by atoms with E-state index in [0.717, 1.165) is 64.2 Å². The summed E-state index contributed by atoms with van der Waals surface area (Å²) < 4.78 is 30.1. The number of allylic oxidation sites excluding steroid dienone is 3. The van der Waals surface area contributed by atoms with Crippen LogP contribution in [0.25, 0.3) is 0 Å². The van der Waals surface area contributed by atoms with Gasteiger partial charge in [-0.1, -0.05) is 206 Å². The molecule has 10 heteroatoms. The van der Waals surface area contributed by atoms with E-state index in [1.54, 1.807) is 0 Å². The molecule has 0 aromatic heterocycles. The van der Waals surface area contributed by atoms with Gasteiger partial charge in [-0.25, -0.2) is 0 Å². The molecular weight excluding hydrogens is 808 g/mol. The Labute approximate surface area is 390 Å². The first-order valence-electron chi connectivity index (χ1n) is 26.6. The number of phosphoric ester groups is 1. The minimum Gasteiger partial charge on any atom is -0.756 e. The Morgan fingerprint density at radius 2 is 0.921 bits per heavy atom. The molecule has 0 bridgehead atoms. The minimum atomic E-state index is -4.68. The fraction of sp³-hybridized carbons (Fsp3) is 0.887. The highest BCUT2D eigenvalue weighted by molar-refractivity contribution is 7.45. The monoisotopic (exact) mass is 911 g/mol. The number of amides is 1. The third-order valence-electron chi connectivity index (χ3n) is 11.9. The van der Waals surface area contributed by atoms with Gasteiger partial charge in [-0.15, -0.1) is 0 Å². The highest BCUT2D eigenvalue weighted by Gasteiger charge is 2.27. The van der Waals surface area contributed by atoms with Crippen LogP contribution < -0.4 is 10.2 Å². The van der Waals surface area contributed by atoms with Crippen LogP contribution >= 0.6 is 7.82 Å². The number of hydrogen-bond donors (Lipinski definition) is 1. The molecule has 0 spiro atoms. The van der Waals surface area contributed by atoms with Crippen molar-refractivity contribution >= 4 is 19.7 Å². The zero-order valence-corrected chi connectivity index (χ0v) is 43.2. The van der Waals surface area contributed by atoms with Gasteiger partial charge >= 0.3 is 5.97 Å². The molecule has 0 aromatic rings. The maximum atomic E-state index is 13.4. The number of likely N-dealkylation sites (N-methyl/N-ethyl adjacent to an activating group) is 1. The predicted octanol–water partition coefficient (Wildman–Crippen LogP) is 14.8. The van der Waals surface area contributed by atoms with Gasteiger partial charge in [0.2, 0.25) is 5.91 Å². The van der Waals surface area contributed by atoms with Crippen LogP contribution in [0.3, 0.4) is 0 Å². The summed E-state index contributed by atoms with van der Waals surface area (Å²) in [5.74, 6) is -0.553. The summed E-state index contributed by atoms with van der Waals surface area (Å²) in [4.78, 5) is 39.6. The van der Waals surface area contributed by atoms with Crippen molar-refractivity contribution in [3.63, 3.8) is 0 Å². The molecule has 63 heavy (non-hydrogen) atoms. The van der Waals surface area contributed by atoms with Crippen molar-refractivity contribution in [3.8, 4) is 0 Å². The van der Waals surface area contributed by atoms with Crippen LogP contribution in [0.1, 0.15) is 252 Å². The topological polar surface area (TPSA) is 114 Å². The number of esters is 1. The smallest absolute Gasteiger partial charge is 0.306 e. The van der Waals surface area contributed by atoms with Gasteiger partial charge in [-0.2, -0.15) is 0 Å². The van der Waals surface area contributed by atoms with Crippen LogP contribution in [0.4, 0.5) is 0 Å². The molecule has 0 fully saturated rings. The van der Waals surface area contributed by atoms with E-state index < -0.39 is 20.0 Å². The molecule has 0 aromatic carbocycles. The van der Waals surface area contributed by atoms with Crippen molar-refractivity contribution in [3.05, 3.63) is 24.3 Å². The third-order valence-corrected chi connectivity index (χ3v) is 12.8. The summed E-state index contributed by atoms with van der Waals surface area (Å²) in [5, 5.41) is 3.01. The normalized spacial score (nSPS) is 14.1. The van der Waals surface area contributed by atoms with Crippen molar-refractivity contribution in [1.29, 1.82) is 0 Å². The summed E-state index contributed by atoms with van der Waals surface area (Å²) in [6.45, 7) is 6.82. The summed E-state index contributed by atoms with van der Waals surface area (Å²) in [6, 6.07) is -0.885. The SMILES string of the molecule is CCCCCCCC/C=C\CCCCCC(=O)OC(/C=C/CCCCCCCCCCC)C(COP(=O)([O-])OCC[N+](C)(C)C)NC(=O)CCCCCCCCCCCCCCC. The number of rotatable bonds is 48. The molecule has 1 N–H and O–H groups in total. The second-order valence-corrected chi connectivity index (χ2v) is 20.8. The molecule has 0 heterocycles. The lowest BCUT2D eigenvalue weighted by molar-refractivity contribution is -0.870. The van der Waals surface area contributed by atoms with E-state index >= 15 is 0 Å². The number of ether oxygens (including phenoxy) is 1. The molecule has 3 unspecified atom stereocenters. The maximum absolute atomic E-state index is 13.4. The Morgan fingerprint density at radius 3 is 1.37 bits per heavy atom. The number of hydrogen-bond acceptors (Lipinski definition) is 7. The molecule has 0 radical (unpaired) electrons. The molecule has 372 valence electrons. The fourth-order valence-corrected chi connectivity index (χ4v) is 8.42. The summed E-state index contributed by atoms with van der Waals surface area (Å²) in [5.41, 5.74) is 0. The zero-order chi connectivity index (χ0) is 46.5. The first-order chi connectivity index (χ1) is 30.4. The first kappa shape index (κ1) is 61.5. The molecule has 9 nitrogen and oxygen atoms in total. The average Bonchev–Trinajstić information content (AvgIpc) is 3.23. The largest absolute Gasteiger partial charge is 0.756 e. The Kier molecular flexibility index (Phi) is 43.3. The second-order valence-electron chi connectivity index (χ2n) is 19.4. The lowest BCUT2D eigenvalue weighted by Crippen LogP contribution is -2.47. The first-order valence-corrected chi connectivity index (χ1v) is 28.1. The van der Waals surface area contributed by atoms with Gasteiger partial charge in [0.25, 0.3) is 7.82 Å². The highest BCUT2D eigenvalue weighted by atomic mass is 31.2. The zero-order valence-electron chi connectivity index (χ0n) is 42.3. The number of nitrogens with one attached hydrogen (secondary N) is 1. The number of nitrogens with zero attached hydrogens (tertiary/aromatic N) is 1. The lowest BCUT2D eigenvalue weighted by atomic mass is 10.0. The van der Waals surface area contributed by atoms with E-state index in [9.17, 15) is 19.0 Å². The van der Waals surface area contributed by atoms with Crippen molar-refractivity contribution < 1.29 is 37.3 Å². The van der Waals surface area contributed by atoms with Gasteiger partial charge in [0.05, 0.1) is 33.8 Å². The number of unbranched alkanes of at least 4 members (excludes halogenated alkanes) is 30. The lowest BCUT2D eigenvalue weighted by Gasteiger charge is -2.30. The summed E-state index contributed by atoms with van der Waals surface area (Å²) in [6.07, 6.45) is 48.5. The van der Waals surface area contributed by atoms with Gasteiger partial charge < -0.3 is 28.5 Å². The summed E-state index contributed by atoms with van der Waals surface area (Å²) in [7, 11) is 1.19. The van der Waals surface area contributed by atoms with E-state index in [1.165, 1.54) is 148 Å². The average molecular weight is 911 g/mol. The molecule has 0 aliphatic rings. The fourth-order valence-electron chi connectivity index (χ4n) is 7.69. The van der Waals surface area contributed by atoms with E-state index in [2.05, 4.69) is 38.2 Å². The van der Waals surface area contributed by atoms with E-state index in [-0.39, 0.29) is 31.5 Å². The van der Waals surface area contributed by atoms with Crippen LogP contribution in [0.5, 0.6) is 0 Å². The van der Waals surface area contributed by atoms with Gasteiger partial charge in [0.1, 0.15) is 19.3 Å². The number of carbonyl (C=O) groups is 2.